The Morgan fingerprint density at radius 2 is 0.806 bits per heavy atom. The highest BCUT2D eigenvalue weighted by molar-refractivity contribution is 5.76. The van der Waals surface area contributed by atoms with Crippen LogP contribution in [0.25, 0.3) is 0 Å². The van der Waals surface area contributed by atoms with Crippen LogP contribution in [0, 0.1) is 0 Å². The van der Waals surface area contributed by atoms with Crippen molar-refractivity contribution in [1.29, 1.82) is 0 Å². The van der Waals surface area contributed by atoms with Crippen molar-refractivity contribution in [3.8, 4) is 0 Å². The molecule has 2 unspecified atom stereocenters. The second kappa shape index (κ2) is 51.7. The van der Waals surface area contributed by atoms with Crippen LogP contribution in [0.3, 0.4) is 0 Å². The van der Waals surface area contributed by atoms with Gasteiger partial charge >= 0.3 is 5.97 Å². The molecule has 364 valence electrons. The van der Waals surface area contributed by atoms with Crippen molar-refractivity contribution < 1.29 is 24.5 Å². The van der Waals surface area contributed by atoms with Crippen molar-refractivity contribution in [2.24, 2.45) is 0 Å². The molecule has 3 N–H and O–H groups in total. The van der Waals surface area contributed by atoms with E-state index in [0.29, 0.717) is 19.4 Å². The van der Waals surface area contributed by atoms with Gasteiger partial charge in [0.1, 0.15) is 0 Å². The first-order valence-corrected chi connectivity index (χ1v) is 27.3. The Balaban J connectivity index is 3.50. The molecule has 0 radical (unpaired) electrons. The number of hydrogen-bond acceptors (Lipinski definition) is 5. The van der Waals surface area contributed by atoms with Crippen molar-refractivity contribution in [3.63, 3.8) is 0 Å². The van der Waals surface area contributed by atoms with Gasteiger partial charge < -0.3 is 20.3 Å². The summed E-state index contributed by atoms with van der Waals surface area (Å²) in [4.78, 5) is 24.4. The van der Waals surface area contributed by atoms with Crippen LogP contribution in [-0.4, -0.2) is 47.4 Å². The largest absolute Gasteiger partial charge is 0.466 e. The van der Waals surface area contributed by atoms with Gasteiger partial charge in [0.05, 0.1) is 25.4 Å². The first-order valence-electron chi connectivity index (χ1n) is 27.3. The van der Waals surface area contributed by atoms with E-state index in [1.807, 2.05) is 6.08 Å². The zero-order valence-electron chi connectivity index (χ0n) is 41.4. The van der Waals surface area contributed by atoms with E-state index in [2.05, 4.69) is 43.5 Å². The van der Waals surface area contributed by atoms with Gasteiger partial charge in [-0.3, -0.25) is 9.59 Å². The number of esters is 1. The third-order valence-electron chi connectivity index (χ3n) is 12.4. The summed E-state index contributed by atoms with van der Waals surface area (Å²) >= 11 is 0. The van der Waals surface area contributed by atoms with Gasteiger partial charge in [-0.15, -0.1) is 0 Å². The summed E-state index contributed by atoms with van der Waals surface area (Å²) in [6.45, 7) is 4.85. The number of carbonyl (C=O) groups excluding carboxylic acids is 2. The third kappa shape index (κ3) is 47.6. The number of nitrogens with one attached hydrogen (secondary N) is 1. The first kappa shape index (κ1) is 60.1. The van der Waals surface area contributed by atoms with Gasteiger partial charge in [-0.1, -0.05) is 237 Å². The molecule has 0 aliphatic heterocycles. The molecule has 0 spiro atoms. The van der Waals surface area contributed by atoms with E-state index >= 15 is 0 Å². The number of rotatable bonds is 50. The summed E-state index contributed by atoms with van der Waals surface area (Å²) in [5, 5.41) is 23.0. The lowest BCUT2D eigenvalue weighted by molar-refractivity contribution is -0.143. The van der Waals surface area contributed by atoms with Crippen LogP contribution in [-0.2, 0) is 14.3 Å². The van der Waals surface area contributed by atoms with Crippen molar-refractivity contribution >= 4 is 11.9 Å². The number of aliphatic hydroxyl groups is 2. The smallest absolute Gasteiger partial charge is 0.305 e. The van der Waals surface area contributed by atoms with E-state index in [1.54, 1.807) is 6.08 Å². The highest BCUT2D eigenvalue weighted by atomic mass is 16.5. The molecule has 0 aliphatic rings. The van der Waals surface area contributed by atoms with Crippen LogP contribution in [0.4, 0.5) is 0 Å². The predicted octanol–water partition coefficient (Wildman–Crippen LogP) is 16.5. The molecule has 0 aromatic rings. The number of hydrogen-bond donors (Lipinski definition) is 3. The van der Waals surface area contributed by atoms with Gasteiger partial charge in [-0.25, -0.2) is 0 Å². The van der Waals surface area contributed by atoms with Crippen molar-refractivity contribution in [3.05, 3.63) is 36.5 Å². The molecule has 0 saturated carbocycles. The van der Waals surface area contributed by atoms with E-state index in [4.69, 9.17) is 4.74 Å². The van der Waals surface area contributed by atoms with E-state index < -0.39 is 12.1 Å². The molecule has 0 aromatic carbocycles. The summed E-state index contributed by atoms with van der Waals surface area (Å²) < 4.78 is 5.46. The fourth-order valence-electron chi connectivity index (χ4n) is 8.19. The maximum Gasteiger partial charge on any atom is 0.305 e. The fraction of sp³-hybridized carbons (Fsp3) is 0.857. The Hall–Kier alpha value is -1.92. The minimum atomic E-state index is -0.854. The van der Waals surface area contributed by atoms with E-state index in [-0.39, 0.29) is 18.5 Å². The predicted molar refractivity (Wildman–Crippen MR) is 269 cm³/mol. The van der Waals surface area contributed by atoms with Crippen LogP contribution in [0.15, 0.2) is 36.5 Å². The third-order valence-corrected chi connectivity index (χ3v) is 12.4. The SMILES string of the molecule is CCCCCCCCCCCC/C=C/C(O)C(CO)NC(=O)CCCCCCCCC/C=C\C/C=C\CCCCCOC(=O)CCCCCCCCCCCCCCCCCC. The molecule has 2 atom stereocenters. The number of ether oxygens (including phenoxy) is 1. The number of allylic oxidation sites excluding steroid dienone is 5. The number of carbonyl (C=O) groups is 2. The second-order valence-electron chi connectivity index (χ2n) is 18.6. The quantitative estimate of drug-likeness (QED) is 0.0321. The molecule has 0 fully saturated rings. The van der Waals surface area contributed by atoms with Gasteiger partial charge in [-0.05, 0) is 70.6 Å². The minimum absolute atomic E-state index is 0.0135. The maximum absolute atomic E-state index is 12.4. The van der Waals surface area contributed by atoms with Crippen LogP contribution in [0.1, 0.15) is 284 Å². The van der Waals surface area contributed by atoms with E-state index in [9.17, 15) is 19.8 Å². The second-order valence-corrected chi connectivity index (χ2v) is 18.6. The van der Waals surface area contributed by atoms with Gasteiger partial charge in [0.15, 0.2) is 0 Å². The summed E-state index contributed by atoms with van der Waals surface area (Å²) in [6, 6.07) is -0.639. The number of amides is 1. The summed E-state index contributed by atoms with van der Waals surface area (Å²) in [7, 11) is 0. The molecule has 0 aliphatic carbocycles. The Bertz CT molecular complexity index is 1010. The zero-order chi connectivity index (χ0) is 45.1. The highest BCUT2D eigenvalue weighted by Crippen LogP contribution is 2.16. The lowest BCUT2D eigenvalue weighted by atomic mass is 10.0. The van der Waals surface area contributed by atoms with Gasteiger partial charge in [-0.2, -0.15) is 0 Å². The summed E-state index contributed by atoms with van der Waals surface area (Å²) in [5.41, 5.74) is 0. The average molecular weight is 872 g/mol. The average Bonchev–Trinajstić information content (AvgIpc) is 3.27. The first-order chi connectivity index (χ1) is 30.5. The fourth-order valence-corrected chi connectivity index (χ4v) is 8.19. The molecule has 6 nitrogen and oxygen atoms in total. The minimum Gasteiger partial charge on any atom is -0.466 e. The molecule has 0 rings (SSSR count). The lowest BCUT2D eigenvalue weighted by Gasteiger charge is -2.20. The molecule has 0 bridgehead atoms. The molecule has 6 heteroatoms. The molecule has 0 saturated heterocycles. The Kier molecular flexibility index (Phi) is 50.1. The molecular weight excluding hydrogens is 767 g/mol. The van der Waals surface area contributed by atoms with Crippen LogP contribution < -0.4 is 5.32 Å². The maximum atomic E-state index is 12.4. The number of unbranched alkanes of at least 4 members (excludes halogenated alkanes) is 35. The van der Waals surface area contributed by atoms with Crippen LogP contribution in [0.5, 0.6) is 0 Å². The van der Waals surface area contributed by atoms with E-state index in [0.717, 1.165) is 83.5 Å². The molecule has 0 heterocycles. The standard InChI is InChI=1S/C56H105NO5/c1-3-5-7-9-11-13-15-17-18-23-26-30-34-38-42-46-50-56(61)62-51-47-43-39-35-31-27-24-21-19-20-22-25-29-33-37-41-45-49-55(60)57-53(52-58)54(59)48-44-40-36-32-28-16-14-12-10-8-6-4-2/h19,21,27,31,44,48,53-54,58-59H,3-18,20,22-26,28-30,32-43,45-47,49-52H2,1-2H3,(H,57,60)/b21-19-,31-27-,48-44+. The highest BCUT2D eigenvalue weighted by Gasteiger charge is 2.18. The lowest BCUT2D eigenvalue weighted by Crippen LogP contribution is -2.45. The van der Waals surface area contributed by atoms with Crippen LogP contribution in [0.2, 0.25) is 0 Å². The Labute approximate surface area is 385 Å². The van der Waals surface area contributed by atoms with Crippen molar-refractivity contribution in [2.45, 2.75) is 296 Å². The molecule has 1 amide bonds. The van der Waals surface area contributed by atoms with Gasteiger partial charge in [0.2, 0.25) is 5.91 Å². The molecular formula is C56H105NO5. The van der Waals surface area contributed by atoms with Gasteiger partial charge in [0.25, 0.3) is 0 Å². The number of aliphatic hydroxyl groups excluding tert-OH is 2. The van der Waals surface area contributed by atoms with E-state index in [1.165, 1.54) is 173 Å². The monoisotopic (exact) mass is 872 g/mol. The molecule has 0 aromatic heterocycles. The van der Waals surface area contributed by atoms with Gasteiger partial charge in [0, 0.05) is 12.8 Å². The van der Waals surface area contributed by atoms with Crippen molar-refractivity contribution in [1.82, 2.24) is 5.32 Å². The molecule has 62 heavy (non-hydrogen) atoms. The Morgan fingerprint density at radius 3 is 1.23 bits per heavy atom. The summed E-state index contributed by atoms with van der Waals surface area (Å²) in [6.07, 6.45) is 63.0. The Morgan fingerprint density at radius 1 is 0.452 bits per heavy atom. The normalized spacial score (nSPS) is 12.9. The summed E-state index contributed by atoms with van der Waals surface area (Å²) in [5.74, 6) is -0.0987. The topological polar surface area (TPSA) is 95.9 Å². The zero-order valence-corrected chi connectivity index (χ0v) is 41.4. The van der Waals surface area contributed by atoms with Crippen LogP contribution >= 0.6 is 0 Å². The van der Waals surface area contributed by atoms with Crippen molar-refractivity contribution in [2.75, 3.05) is 13.2 Å².